The molecule has 0 aromatic carbocycles. The summed E-state index contributed by atoms with van der Waals surface area (Å²) in [6.07, 6.45) is 17.1. The lowest BCUT2D eigenvalue weighted by Gasteiger charge is -2.26. The second-order valence-corrected chi connectivity index (χ2v) is 9.62. The quantitative estimate of drug-likeness (QED) is 0.329. The fourth-order valence-electron chi connectivity index (χ4n) is 5.23. The maximum atomic E-state index is 4.96. The van der Waals surface area contributed by atoms with Gasteiger partial charge in [-0.3, -0.25) is 19.9 Å². The van der Waals surface area contributed by atoms with E-state index in [9.17, 15) is 0 Å². The van der Waals surface area contributed by atoms with Crippen molar-refractivity contribution >= 4 is 22.1 Å². The maximum Gasteiger partial charge on any atom is 0.140 e. The summed E-state index contributed by atoms with van der Waals surface area (Å²) < 4.78 is 0. The van der Waals surface area contributed by atoms with Gasteiger partial charge in [0.2, 0.25) is 0 Å². The van der Waals surface area contributed by atoms with Gasteiger partial charge in [0, 0.05) is 71.4 Å². The van der Waals surface area contributed by atoms with Crippen LogP contribution in [0.1, 0.15) is 24.8 Å². The highest BCUT2D eigenvalue weighted by Gasteiger charge is 2.16. The van der Waals surface area contributed by atoms with Crippen molar-refractivity contribution in [3.05, 3.63) is 79.3 Å². The molecule has 0 unspecified atom stereocenters. The number of nitrogens with zero attached hydrogens (tertiary/aromatic N) is 6. The van der Waals surface area contributed by atoms with Crippen LogP contribution >= 0.6 is 0 Å². The number of piperidine rings is 1. The highest BCUT2D eigenvalue weighted by Crippen LogP contribution is 2.33. The molecule has 0 aliphatic carbocycles. The van der Waals surface area contributed by atoms with Crippen LogP contribution in [0.2, 0.25) is 0 Å². The zero-order chi connectivity index (χ0) is 24.6. The van der Waals surface area contributed by atoms with Crippen LogP contribution in [-0.4, -0.2) is 52.9 Å². The Morgan fingerprint density at radius 2 is 1.73 bits per heavy atom. The number of H-pyrrole nitrogens is 2. The third-order valence-electron chi connectivity index (χ3n) is 7.10. The number of likely N-dealkylation sites (tertiary alicyclic amines) is 1. The Bertz CT molecular complexity index is 1700. The molecule has 0 spiro atoms. The molecule has 1 saturated heterocycles. The van der Waals surface area contributed by atoms with Gasteiger partial charge >= 0.3 is 0 Å². The van der Waals surface area contributed by atoms with Gasteiger partial charge in [0.25, 0.3) is 0 Å². The fraction of sp³-hybridized carbons (Fsp3) is 0.207. The Morgan fingerprint density at radius 3 is 2.62 bits per heavy atom. The summed E-state index contributed by atoms with van der Waals surface area (Å²) in [7, 11) is 0. The first-order valence-corrected chi connectivity index (χ1v) is 12.7. The highest BCUT2D eigenvalue weighted by molar-refractivity contribution is 5.97. The number of rotatable bonds is 5. The smallest absolute Gasteiger partial charge is 0.140 e. The van der Waals surface area contributed by atoms with E-state index in [2.05, 4.69) is 42.0 Å². The Morgan fingerprint density at radius 1 is 0.838 bits per heavy atom. The van der Waals surface area contributed by atoms with E-state index in [1.807, 2.05) is 49.2 Å². The molecule has 1 aliphatic heterocycles. The van der Waals surface area contributed by atoms with E-state index in [1.54, 1.807) is 12.4 Å². The second kappa shape index (κ2) is 9.22. The summed E-state index contributed by atoms with van der Waals surface area (Å²) in [5.74, 6) is 0.766. The monoisotopic (exact) mass is 486 g/mol. The number of hydrogen-bond acceptors (Lipinski definition) is 6. The fourth-order valence-corrected chi connectivity index (χ4v) is 5.23. The van der Waals surface area contributed by atoms with E-state index < -0.39 is 0 Å². The topological polar surface area (TPSA) is 99.3 Å². The van der Waals surface area contributed by atoms with Crippen molar-refractivity contribution in [1.82, 2.24) is 39.8 Å². The van der Waals surface area contributed by atoms with Crippen LogP contribution in [0.3, 0.4) is 0 Å². The number of hydrogen-bond donors (Lipinski definition) is 2. The Balaban J connectivity index is 1.26. The van der Waals surface area contributed by atoms with Crippen LogP contribution in [0.4, 0.5) is 0 Å². The number of nitrogens with one attached hydrogen (secondary N) is 2. The molecule has 0 amide bonds. The van der Waals surface area contributed by atoms with E-state index in [-0.39, 0.29) is 0 Å². The van der Waals surface area contributed by atoms with Crippen molar-refractivity contribution in [3.8, 4) is 33.8 Å². The zero-order valence-electron chi connectivity index (χ0n) is 20.4. The van der Waals surface area contributed by atoms with Gasteiger partial charge in [-0.05, 0) is 55.8 Å². The van der Waals surface area contributed by atoms with Gasteiger partial charge in [-0.1, -0.05) is 12.5 Å². The van der Waals surface area contributed by atoms with Crippen LogP contribution in [0.15, 0.2) is 73.7 Å². The molecule has 6 aromatic rings. The lowest BCUT2D eigenvalue weighted by Crippen LogP contribution is -2.29. The van der Waals surface area contributed by atoms with Crippen LogP contribution in [-0.2, 0) is 6.54 Å². The summed E-state index contributed by atoms with van der Waals surface area (Å²) >= 11 is 0. The molecule has 182 valence electrons. The summed E-state index contributed by atoms with van der Waals surface area (Å²) in [5, 5.41) is 1.00. The molecule has 7 heterocycles. The minimum Gasteiger partial charge on any atom is -0.345 e. The first kappa shape index (κ1) is 21.8. The molecule has 2 N–H and O–H groups in total. The standard InChI is InChI=1S/C29H26N8/c1-4-8-37(9-5-1)18-19-10-20(13-30-12-19)21-11-22-23(16-34-28(22)33-14-21)29-35-26-17-31-15-24(27(26)36-29)25-6-2-3-7-32-25/h2-3,6-7,10-17H,1,4-5,8-9,18H2,(H,33,34)(H,35,36). The van der Waals surface area contributed by atoms with Gasteiger partial charge in [-0.2, -0.15) is 0 Å². The zero-order valence-corrected chi connectivity index (χ0v) is 20.4. The molecule has 0 radical (unpaired) electrons. The molecule has 1 fully saturated rings. The Labute approximate surface area is 213 Å². The normalized spacial score (nSPS) is 14.5. The molecule has 7 rings (SSSR count). The largest absolute Gasteiger partial charge is 0.345 e. The number of aromatic amines is 2. The Kier molecular flexibility index (Phi) is 5.44. The van der Waals surface area contributed by atoms with Crippen LogP contribution in [0.5, 0.6) is 0 Å². The summed E-state index contributed by atoms with van der Waals surface area (Å²) in [5.41, 5.74) is 8.58. The first-order valence-electron chi connectivity index (χ1n) is 12.7. The maximum absolute atomic E-state index is 4.96. The molecule has 6 aromatic heterocycles. The van der Waals surface area contributed by atoms with Crippen LogP contribution in [0, 0.1) is 0 Å². The van der Waals surface area contributed by atoms with E-state index >= 15 is 0 Å². The van der Waals surface area contributed by atoms with Crippen molar-refractivity contribution in [3.63, 3.8) is 0 Å². The predicted molar refractivity (Wildman–Crippen MR) is 145 cm³/mol. The molecule has 1 aliphatic rings. The molecule has 8 nitrogen and oxygen atoms in total. The van der Waals surface area contributed by atoms with E-state index in [4.69, 9.17) is 9.97 Å². The number of pyridine rings is 4. The van der Waals surface area contributed by atoms with Crippen molar-refractivity contribution in [2.24, 2.45) is 0 Å². The van der Waals surface area contributed by atoms with Gasteiger partial charge in [0.15, 0.2) is 0 Å². The SMILES string of the molecule is c1ccc(-c2cncc3[nH]c(-c4c[nH]c5ncc(-c6cncc(CN7CCCCC7)c6)cc45)nc23)nc1. The predicted octanol–water partition coefficient (Wildman–Crippen LogP) is 5.61. The second-order valence-electron chi connectivity index (χ2n) is 9.62. The number of imidazole rings is 1. The number of fused-ring (bicyclic) bond motifs is 2. The molecule has 0 bridgehead atoms. The minimum atomic E-state index is 0.766. The van der Waals surface area contributed by atoms with Crippen LogP contribution < -0.4 is 0 Å². The van der Waals surface area contributed by atoms with Gasteiger partial charge in [0.1, 0.15) is 17.0 Å². The molecule has 0 atom stereocenters. The van der Waals surface area contributed by atoms with Gasteiger partial charge < -0.3 is 9.97 Å². The summed E-state index contributed by atoms with van der Waals surface area (Å²) in [6, 6.07) is 10.3. The van der Waals surface area contributed by atoms with E-state index in [0.29, 0.717) is 0 Å². The lowest BCUT2D eigenvalue weighted by molar-refractivity contribution is 0.220. The van der Waals surface area contributed by atoms with Gasteiger partial charge in [0.05, 0.1) is 17.4 Å². The first-order chi connectivity index (χ1) is 18.3. The van der Waals surface area contributed by atoms with Crippen molar-refractivity contribution < 1.29 is 0 Å². The van der Waals surface area contributed by atoms with Gasteiger partial charge in [-0.15, -0.1) is 0 Å². The molecular weight excluding hydrogens is 460 g/mol. The van der Waals surface area contributed by atoms with Crippen LogP contribution in [0.25, 0.3) is 55.8 Å². The highest BCUT2D eigenvalue weighted by atomic mass is 15.1. The molecule has 37 heavy (non-hydrogen) atoms. The van der Waals surface area contributed by atoms with E-state index in [1.165, 1.54) is 37.9 Å². The van der Waals surface area contributed by atoms with Gasteiger partial charge in [-0.25, -0.2) is 9.97 Å². The van der Waals surface area contributed by atoms with Crippen molar-refractivity contribution in [1.29, 1.82) is 0 Å². The Hall–Kier alpha value is -4.43. The molecule has 8 heteroatoms. The average molecular weight is 487 g/mol. The molecular formula is C29H26N8. The third-order valence-corrected chi connectivity index (χ3v) is 7.10. The van der Waals surface area contributed by atoms with Crippen molar-refractivity contribution in [2.75, 3.05) is 13.1 Å². The average Bonchev–Trinajstić information content (AvgIpc) is 3.58. The van der Waals surface area contributed by atoms with E-state index in [0.717, 1.165) is 62.4 Å². The van der Waals surface area contributed by atoms with Crippen molar-refractivity contribution in [2.45, 2.75) is 25.8 Å². The molecule has 0 saturated carbocycles. The minimum absolute atomic E-state index is 0.766. The number of aromatic nitrogens is 7. The summed E-state index contributed by atoms with van der Waals surface area (Å²) in [4.78, 5) is 32.4. The third kappa shape index (κ3) is 4.15. The lowest BCUT2D eigenvalue weighted by atomic mass is 10.0. The summed E-state index contributed by atoms with van der Waals surface area (Å²) in [6.45, 7) is 3.27.